The normalized spacial score (nSPS) is 10.9. The van der Waals surface area contributed by atoms with Gasteiger partial charge in [-0.25, -0.2) is 4.68 Å². The maximum absolute atomic E-state index is 7.59. The summed E-state index contributed by atoms with van der Waals surface area (Å²) in [5, 5.41) is 12.6. The molecule has 2 rings (SSSR count). The number of aromatic nitrogens is 2. The third-order valence-electron chi connectivity index (χ3n) is 2.70. The summed E-state index contributed by atoms with van der Waals surface area (Å²) < 4.78 is 1.72. The molecule has 94 valence electrons. The first-order valence-corrected chi connectivity index (χ1v) is 6.06. The molecule has 0 saturated carbocycles. The summed E-state index contributed by atoms with van der Waals surface area (Å²) in [6.45, 7) is 4.17. The Balaban J connectivity index is 2.52. The first kappa shape index (κ1) is 12.6. The van der Waals surface area contributed by atoms with E-state index in [1.54, 1.807) is 16.8 Å². The zero-order valence-electron chi connectivity index (χ0n) is 10.3. The second-order valence-corrected chi connectivity index (χ2v) is 4.85. The third kappa shape index (κ3) is 2.38. The molecule has 0 radical (unpaired) electrons. The Morgan fingerprint density at radius 2 is 2.11 bits per heavy atom. The fraction of sp³-hybridized carbons (Fsp3) is 0.231. The smallest absolute Gasteiger partial charge is 0.125 e. The molecule has 0 fully saturated rings. The van der Waals surface area contributed by atoms with E-state index in [1.165, 1.54) is 0 Å². The van der Waals surface area contributed by atoms with Gasteiger partial charge in [0, 0.05) is 16.8 Å². The van der Waals surface area contributed by atoms with Crippen molar-refractivity contribution < 1.29 is 0 Å². The van der Waals surface area contributed by atoms with Crippen LogP contribution in [-0.4, -0.2) is 15.6 Å². The highest BCUT2D eigenvalue weighted by molar-refractivity contribution is 6.31. The Morgan fingerprint density at radius 1 is 1.39 bits per heavy atom. The van der Waals surface area contributed by atoms with Crippen LogP contribution >= 0.6 is 11.6 Å². The summed E-state index contributed by atoms with van der Waals surface area (Å²) in [6.07, 6.45) is 1.87. The number of benzene rings is 1. The van der Waals surface area contributed by atoms with Gasteiger partial charge in [0.25, 0.3) is 0 Å². The summed E-state index contributed by atoms with van der Waals surface area (Å²) in [7, 11) is 0. The molecule has 5 heteroatoms. The summed E-state index contributed by atoms with van der Waals surface area (Å²) in [5.74, 6) is 0.341. The molecule has 1 aromatic carbocycles. The van der Waals surface area contributed by atoms with Crippen molar-refractivity contribution in [3.63, 3.8) is 0 Å². The average Bonchev–Trinajstić information content (AvgIpc) is 2.78. The largest absolute Gasteiger partial charge is 0.384 e. The molecule has 0 amide bonds. The van der Waals surface area contributed by atoms with E-state index in [-0.39, 0.29) is 5.84 Å². The fourth-order valence-electron chi connectivity index (χ4n) is 1.70. The molecule has 1 heterocycles. The quantitative estimate of drug-likeness (QED) is 0.660. The van der Waals surface area contributed by atoms with Gasteiger partial charge in [0.2, 0.25) is 0 Å². The van der Waals surface area contributed by atoms with Crippen LogP contribution in [0.25, 0.3) is 5.69 Å². The Morgan fingerprint density at radius 3 is 2.67 bits per heavy atom. The molecule has 0 aliphatic rings. The highest BCUT2D eigenvalue weighted by Gasteiger charge is 2.10. The molecule has 18 heavy (non-hydrogen) atoms. The summed E-state index contributed by atoms with van der Waals surface area (Å²) in [6, 6.07) is 7.22. The van der Waals surface area contributed by atoms with Crippen LogP contribution in [0.1, 0.15) is 31.0 Å². The van der Waals surface area contributed by atoms with Gasteiger partial charge in [-0.3, -0.25) is 5.41 Å². The highest BCUT2D eigenvalue weighted by atomic mass is 35.5. The average molecular weight is 263 g/mol. The van der Waals surface area contributed by atoms with Gasteiger partial charge in [0.05, 0.1) is 11.4 Å². The van der Waals surface area contributed by atoms with Crippen molar-refractivity contribution in [3.8, 4) is 5.69 Å². The molecule has 2 aromatic rings. The van der Waals surface area contributed by atoms with Crippen LogP contribution in [-0.2, 0) is 0 Å². The van der Waals surface area contributed by atoms with E-state index in [0.29, 0.717) is 16.5 Å². The maximum Gasteiger partial charge on any atom is 0.125 e. The predicted octanol–water partition coefficient (Wildman–Crippen LogP) is 2.93. The minimum Gasteiger partial charge on any atom is -0.384 e. The number of amidine groups is 1. The molecule has 3 N–H and O–H groups in total. The number of nitrogens with two attached hydrogens (primary N) is 1. The van der Waals surface area contributed by atoms with Crippen LogP contribution in [0.2, 0.25) is 5.02 Å². The number of rotatable bonds is 3. The third-order valence-corrected chi connectivity index (χ3v) is 2.93. The Bertz CT molecular complexity index is 586. The van der Waals surface area contributed by atoms with Gasteiger partial charge in [0.15, 0.2) is 0 Å². The van der Waals surface area contributed by atoms with Gasteiger partial charge in [-0.05, 0) is 30.2 Å². The SMILES string of the molecule is CC(C)c1ccn(-c2ccc(Cl)cc2C(=N)N)n1. The summed E-state index contributed by atoms with van der Waals surface area (Å²) in [5.41, 5.74) is 7.92. The zero-order chi connectivity index (χ0) is 13.3. The van der Waals surface area contributed by atoms with Crippen molar-refractivity contribution in [3.05, 3.63) is 46.7 Å². The van der Waals surface area contributed by atoms with Crippen LogP contribution in [0.15, 0.2) is 30.5 Å². The summed E-state index contributed by atoms with van der Waals surface area (Å²) >= 11 is 5.92. The molecule has 4 nitrogen and oxygen atoms in total. The monoisotopic (exact) mass is 262 g/mol. The van der Waals surface area contributed by atoms with Crippen LogP contribution < -0.4 is 5.73 Å². The predicted molar refractivity (Wildman–Crippen MR) is 73.7 cm³/mol. The van der Waals surface area contributed by atoms with Crippen LogP contribution in [0.5, 0.6) is 0 Å². The molecular formula is C13H15ClN4. The Kier molecular flexibility index (Phi) is 3.39. The van der Waals surface area contributed by atoms with Gasteiger partial charge in [-0.1, -0.05) is 25.4 Å². The highest BCUT2D eigenvalue weighted by Crippen LogP contribution is 2.20. The topological polar surface area (TPSA) is 67.7 Å². The maximum atomic E-state index is 7.59. The zero-order valence-corrected chi connectivity index (χ0v) is 11.1. The number of nitrogens with zero attached hydrogens (tertiary/aromatic N) is 2. The van der Waals surface area contributed by atoms with Crippen molar-refractivity contribution in [2.45, 2.75) is 19.8 Å². The standard InChI is InChI=1S/C13H15ClN4/c1-8(2)11-5-6-18(17-11)12-4-3-9(14)7-10(12)13(15)16/h3-8H,1-2H3,(H3,15,16). The lowest BCUT2D eigenvalue weighted by molar-refractivity contribution is 0.768. The van der Waals surface area contributed by atoms with Gasteiger partial charge >= 0.3 is 0 Å². The van der Waals surface area contributed by atoms with Crippen molar-refractivity contribution in [2.24, 2.45) is 5.73 Å². The first-order valence-electron chi connectivity index (χ1n) is 5.69. The van der Waals surface area contributed by atoms with E-state index in [4.69, 9.17) is 22.7 Å². The van der Waals surface area contributed by atoms with Crippen molar-refractivity contribution in [2.75, 3.05) is 0 Å². The van der Waals surface area contributed by atoms with Crippen LogP contribution in [0.4, 0.5) is 0 Å². The molecule has 0 aliphatic heterocycles. The van der Waals surface area contributed by atoms with Gasteiger partial charge < -0.3 is 5.73 Å². The molecule has 0 atom stereocenters. The minimum absolute atomic E-state index is 0.0194. The lowest BCUT2D eigenvalue weighted by atomic mass is 10.1. The minimum atomic E-state index is -0.0194. The second-order valence-electron chi connectivity index (χ2n) is 4.42. The van der Waals surface area contributed by atoms with Gasteiger partial charge in [-0.2, -0.15) is 5.10 Å². The molecule has 0 saturated heterocycles. The first-order chi connectivity index (χ1) is 8.49. The Hall–Kier alpha value is -1.81. The van der Waals surface area contributed by atoms with E-state index in [0.717, 1.165) is 11.4 Å². The van der Waals surface area contributed by atoms with E-state index in [1.807, 2.05) is 18.3 Å². The lowest BCUT2D eigenvalue weighted by Gasteiger charge is -2.09. The second kappa shape index (κ2) is 4.82. The lowest BCUT2D eigenvalue weighted by Crippen LogP contribution is -2.15. The number of nitrogens with one attached hydrogen (secondary N) is 1. The van der Waals surface area contributed by atoms with E-state index in [2.05, 4.69) is 18.9 Å². The van der Waals surface area contributed by atoms with Crippen LogP contribution in [0.3, 0.4) is 0 Å². The van der Waals surface area contributed by atoms with Gasteiger partial charge in [0.1, 0.15) is 5.84 Å². The number of hydrogen-bond acceptors (Lipinski definition) is 2. The molecule has 1 aromatic heterocycles. The molecule has 0 bridgehead atoms. The van der Waals surface area contributed by atoms with Crippen molar-refractivity contribution in [1.29, 1.82) is 5.41 Å². The number of hydrogen-bond donors (Lipinski definition) is 2. The molecular weight excluding hydrogens is 248 g/mol. The number of halogens is 1. The Labute approximate surface area is 111 Å². The van der Waals surface area contributed by atoms with Crippen molar-refractivity contribution >= 4 is 17.4 Å². The van der Waals surface area contributed by atoms with Crippen molar-refractivity contribution in [1.82, 2.24) is 9.78 Å². The van der Waals surface area contributed by atoms with Crippen LogP contribution in [0, 0.1) is 5.41 Å². The van der Waals surface area contributed by atoms with E-state index >= 15 is 0 Å². The fourth-order valence-corrected chi connectivity index (χ4v) is 1.88. The molecule has 0 spiro atoms. The molecule has 0 aliphatic carbocycles. The van der Waals surface area contributed by atoms with E-state index in [9.17, 15) is 0 Å². The summed E-state index contributed by atoms with van der Waals surface area (Å²) in [4.78, 5) is 0. The van der Waals surface area contributed by atoms with Gasteiger partial charge in [-0.15, -0.1) is 0 Å². The molecule has 0 unspecified atom stereocenters. The number of nitrogen functional groups attached to an aromatic ring is 1. The van der Waals surface area contributed by atoms with E-state index < -0.39 is 0 Å².